The monoisotopic (exact) mass is 305 g/mol. The summed E-state index contributed by atoms with van der Waals surface area (Å²) in [6.07, 6.45) is 3.58. The van der Waals surface area contributed by atoms with E-state index in [1.807, 2.05) is 0 Å². The standard InChI is InChI=1S/C11H19N3O3S2/c1-19(16,17)14-7-5-13(6-8-14)10(15)11(9(12)18)3-2-4-11/h2-8H2,1H3,(H2,12,18). The van der Waals surface area contributed by atoms with E-state index < -0.39 is 15.4 Å². The number of thiocarbonyl (C=S) groups is 1. The number of carbonyl (C=O) groups excluding carboxylic acids is 1. The second kappa shape index (κ2) is 4.99. The molecule has 19 heavy (non-hydrogen) atoms. The van der Waals surface area contributed by atoms with Gasteiger partial charge in [0.05, 0.1) is 16.7 Å². The summed E-state index contributed by atoms with van der Waals surface area (Å²) in [5.41, 5.74) is 5.05. The SMILES string of the molecule is CS(=O)(=O)N1CCN(C(=O)C2(C(N)=S)CCC2)CC1. The number of nitrogens with zero attached hydrogens (tertiary/aromatic N) is 2. The first-order chi connectivity index (χ1) is 8.77. The van der Waals surface area contributed by atoms with E-state index in [9.17, 15) is 13.2 Å². The predicted molar refractivity (Wildman–Crippen MR) is 76.1 cm³/mol. The van der Waals surface area contributed by atoms with Crippen molar-refractivity contribution < 1.29 is 13.2 Å². The Morgan fingerprint density at radius 1 is 1.21 bits per heavy atom. The molecule has 0 bridgehead atoms. The lowest BCUT2D eigenvalue weighted by molar-refractivity contribution is -0.143. The Bertz CT molecular complexity index is 491. The Hall–Kier alpha value is -0.730. The average Bonchev–Trinajstić information content (AvgIpc) is 2.25. The van der Waals surface area contributed by atoms with Crippen LogP contribution in [0, 0.1) is 5.41 Å². The molecule has 0 spiro atoms. The van der Waals surface area contributed by atoms with Crippen LogP contribution in [-0.2, 0) is 14.8 Å². The number of sulfonamides is 1. The van der Waals surface area contributed by atoms with Gasteiger partial charge in [0, 0.05) is 26.2 Å². The number of rotatable bonds is 3. The molecular formula is C11H19N3O3S2. The van der Waals surface area contributed by atoms with Gasteiger partial charge in [-0.3, -0.25) is 4.79 Å². The Balaban J connectivity index is 2.02. The highest BCUT2D eigenvalue weighted by molar-refractivity contribution is 7.88. The van der Waals surface area contributed by atoms with Gasteiger partial charge in [-0.05, 0) is 12.8 Å². The van der Waals surface area contributed by atoms with Crippen molar-refractivity contribution in [1.29, 1.82) is 0 Å². The third-order valence-corrected chi connectivity index (χ3v) is 5.78. The highest BCUT2D eigenvalue weighted by Crippen LogP contribution is 2.43. The van der Waals surface area contributed by atoms with Crippen LogP contribution in [0.15, 0.2) is 0 Å². The summed E-state index contributed by atoms with van der Waals surface area (Å²) in [4.78, 5) is 14.5. The first-order valence-corrected chi connectivity index (χ1v) is 8.57. The quantitative estimate of drug-likeness (QED) is 0.714. The third-order valence-electron chi connectivity index (χ3n) is 4.08. The van der Waals surface area contributed by atoms with Gasteiger partial charge in [0.1, 0.15) is 0 Å². The summed E-state index contributed by atoms with van der Waals surface area (Å²) in [6.45, 7) is 1.52. The van der Waals surface area contributed by atoms with Crippen molar-refractivity contribution >= 4 is 33.1 Å². The zero-order valence-electron chi connectivity index (χ0n) is 11.0. The molecule has 1 heterocycles. The third kappa shape index (κ3) is 2.61. The Morgan fingerprint density at radius 3 is 2.05 bits per heavy atom. The molecule has 2 N–H and O–H groups in total. The zero-order chi connectivity index (χ0) is 14.3. The van der Waals surface area contributed by atoms with Crippen molar-refractivity contribution in [3.8, 4) is 0 Å². The Morgan fingerprint density at radius 2 is 1.74 bits per heavy atom. The van der Waals surface area contributed by atoms with E-state index in [1.165, 1.54) is 10.6 Å². The topological polar surface area (TPSA) is 83.7 Å². The van der Waals surface area contributed by atoms with E-state index in [2.05, 4.69) is 0 Å². The van der Waals surface area contributed by atoms with Gasteiger partial charge in [-0.15, -0.1) is 0 Å². The van der Waals surface area contributed by atoms with E-state index in [0.717, 1.165) is 6.42 Å². The number of hydrogen-bond acceptors (Lipinski definition) is 4. The van der Waals surface area contributed by atoms with E-state index >= 15 is 0 Å². The van der Waals surface area contributed by atoms with Crippen LogP contribution in [0.1, 0.15) is 19.3 Å². The molecule has 1 amide bonds. The highest BCUT2D eigenvalue weighted by Gasteiger charge is 2.49. The smallest absolute Gasteiger partial charge is 0.235 e. The van der Waals surface area contributed by atoms with Crippen molar-refractivity contribution in [1.82, 2.24) is 9.21 Å². The van der Waals surface area contributed by atoms with Crippen molar-refractivity contribution in [2.45, 2.75) is 19.3 Å². The molecule has 1 saturated carbocycles. The first kappa shape index (κ1) is 14.7. The molecule has 0 radical (unpaired) electrons. The van der Waals surface area contributed by atoms with Crippen LogP contribution in [-0.4, -0.2) is 61.0 Å². The predicted octanol–water partition coefficient (Wildman–Crippen LogP) is -0.453. The normalized spacial score (nSPS) is 23.7. The van der Waals surface area contributed by atoms with E-state index in [0.29, 0.717) is 39.0 Å². The molecular weight excluding hydrogens is 286 g/mol. The molecule has 0 aromatic rings. The number of hydrogen-bond donors (Lipinski definition) is 1. The van der Waals surface area contributed by atoms with Crippen LogP contribution in [0.3, 0.4) is 0 Å². The molecule has 108 valence electrons. The summed E-state index contributed by atoms with van der Waals surface area (Å²) in [5.74, 6) is -0.0283. The maximum absolute atomic E-state index is 12.5. The fraction of sp³-hybridized carbons (Fsp3) is 0.818. The van der Waals surface area contributed by atoms with Crippen LogP contribution in [0.4, 0.5) is 0 Å². The van der Waals surface area contributed by atoms with Gasteiger partial charge in [0.2, 0.25) is 15.9 Å². The minimum absolute atomic E-state index is 0.0283. The van der Waals surface area contributed by atoms with E-state index in [4.69, 9.17) is 18.0 Å². The van der Waals surface area contributed by atoms with Gasteiger partial charge < -0.3 is 10.6 Å². The van der Waals surface area contributed by atoms with Crippen molar-refractivity contribution in [3.63, 3.8) is 0 Å². The first-order valence-electron chi connectivity index (χ1n) is 6.32. The molecule has 0 aromatic carbocycles. The van der Waals surface area contributed by atoms with Crippen molar-refractivity contribution in [3.05, 3.63) is 0 Å². The molecule has 0 atom stereocenters. The number of nitrogens with two attached hydrogens (primary N) is 1. The summed E-state index contributed by atoms with van der Waals surface area (Å²) in [5, 5.41) is 0. The Labute approximate surface area is 119 Å². The fourth-order valence-electron chi connectivity index (χ4n) is 2.62. The maximum Gasteiger partial charge on any atom is 0.235 e. The van der Waals surface area contributed by atoms with E-state index in [-0.39, 0.29) is 10.9 Å². The minimum Gasteiger partial charge on any atom is -0.392 e. The summed E-state index contributed by atoms with van der Waals surface area (Å²) in [6, 6.07) is 0. The van der Waals surface area contributed by atoms with Crippen LogP contribution < -0.4 is 5.73 Å². The van der Waals surface area contributed by atoms with Gasteiger partial charge in [0.25, 0.3) is 0 Å². The van der Waals surface area contributed by atoms with E-state index in [1.54, 1.807) is 4.90 Å². The molecule has 2 rings (SSSR count). The molecule has 6 nitrogen and oxygen atoms in total. The van der Waals surface area contributed by atoms with Gasteiger partial charge in [-0.2, -0.15) is 4.31 Å². The summed E-state index contributed by atoms with van der Waals surface area (Å²) < 4.78 is 24.2. The molecule has 1 aliphatic carbocycles. The number of carbonyl (C=O) groups is 1. The lowest BCUT2D eigenvalue weighted by Gasteiger charge is -2.44. The van der Waals surface area contributed by atoms with Crippen LogP contribution in [0.5, 0.6) is 0 Å². The van der Waals surface area contributed by atoms with Crippen molar-refractivity contribution in [2.24, 2.45) is 11.1 Å². The van der Waals surface area contributed by atoms with Gasteiger partial charge in [0.15, 0.2) is 0 Å². The van der Waals surface area contributed by atoms with Gasteiger partial charge in [-0.1, -0.05) is 18.6 Å². The Kier molecular flexibility index (Phi) is 3.85. The highest BCUT2D eigenvalue weighted by atomic mass is 32.2. The molecule has 2 aliphatic rings. The lowest BCUT2D eigenvalue weighted by Crippen LogP contribution is -2.59. The summed E-state index contributed by atoms with van der Waals surface area (Å²) in [7, 11) is -3.17. The second-order valence-corrected chi connectivity index (χ2v) is 7.68. The molecule has 2 fully saturated rings. The lowest BCUT2D eigenvalue weighted by atomic mass is 9.67. The molecule has 1 saturated heterocycles. The van der Waals surface area contributed by atoms with Crippen LogP contribution in [0.25, 0.3) is 0 Å². The number of piperazine rings is 1. The molecule has 0 aromatic heterocycles. The molecule has 0 unspecified atom stereocenters. The fourth-order valence-corrected chi connectivity index (χ4v) is 3.74. The van der Waals surface area contributed by atoms with Gasteiger partial charge >= 0.3 is 0 Å². The average molecular weight is 305 g/mol. The molecule has 1 aliphatic heterocycles. The second-order valence-electron chi connectivity index (χ2n) is 5.25. The summed E-state index contributed by atoms with van der Waals surface area (Å²) >= 11 is 5.03. The molecule has 8 heteroatoms. The number of amides is 1. The largest absolute Gasteiger partial charge is 0.392 e. The maximum atomic E-state index is 12.5. The minimum atomic E-state index is -3.17. The van der Waals surface area contributed by atoms with Crippen LogP contribution in [0.2, 0.25) is 0 Å². The van der Waals surface area contributed by atoms with Crippen LogP contribution >= 0.6 is 12.2 Å². The van der Waals surface area contributed by atoms with Crippen molar-refractivity contribution in [2.75, 3.05) is 32.4 Å². The zero-order valence-corrected chi connectivity index (χ0v) is 12.6. The van der Waals surface area contributed by atoms with Gasteiger partial charge in [-0.25, -0.2) is 8.42 Å².